The van der Waals surface area contributed by atoms with Crippen LogP contribution in [-0.2, 0) is 9.47 Å². The van der Waals surface area contributed by atoms with Crippen molar-refractivity contribution in [2.45, 2.75) is 44.5 Å². The fraction of sp³-hybridized carbons (Fsp3) is 0.600. The Morgan fingerprint density at radius 2 is 1.88 bits per heavy atom. The van der Waals surface area contributed by atoms with Crippen LogP contribution in [0.25, 0.3) is 0 Å². The van der Waals surface area contributed by atoms with Gasteiger partial charge in [-0.15, -0.1) is 0 Å². The Hall–Kier alpha value is -0.860. The molecule has 0 spiro atoms. The first kappa shape index (κ1) is 11.2. The van der Waals surface area contributed by atoms with Gasteiger partial charge >= 0.3 is 0 Å². The Morgan fingerprint density at radius 1 is 1.06 bits per heavy atom. The molecule has 1 aromatic rings. The Balaban J connectivity index is 1.81. The molecule has 2 fully saturated rings. The average molecular weight is 232 g/mol. The predicted molar refractivity (Wildman–Crippen MR) is 66.8 cm³/mol. The molecule has 2 heterocycles. The van der Waals surface area contributed by atoms with Crippen molar-refractivity contribution >= 4 is 0 Å². The topological polar surface area (TPSA) is 18.5 Å². The van der Waals surface area contributed by atoms with Crippen molar-refractivity contribution in [1.29, 1.82) is 0 Å². The molecule has 2 aliphatic rings. The number of hydrogen-bond acceptors (Lipinski definition) is 2. The quantitative estimate of drug-likeness (QED) is 0.739. The molecule has 0 bridgehead atoms. The van der Waals surface area contributed by atoms with Crippen molar-refractivity contribution in [1.82, 2.24) is 0 Å². The molecule has 17 heavy (non-hydrogen) atoms. The zero-order valence-corrected chi connectivity index (χ0v) is 10.3. The highest BCUT2D eigenvalue weighted by atomic mass is 16.5. The van der Waals surface area contributed by atoms with Gasteiger partial charge in [0.2, 0.25) is 0 Å². The van der Waals surface area contributed by atoms with Gasteiger partial charge in [-0.25, -0.2) is 0 Å². The van der Waals surface area contributed by atoms with Crippen LogP contribution in [0.2, 0.25) is 0 Å². The summed E-state index contributed by atoms with van der Waals surface area (Å²) in [7, 11) is 0. The van der Waals surface area contributed by atoms with Gasteiger partial charge in [-0.2, -0.15) is 0 Å². The van der Waals surface area contributed by atoms with Crippen molar-refractivity contribution in [2.24, 2.45) is 5.92 Å². The van der Waals surface area contributed by atoms with E-state index in [1.165, 1.54) is 12.0 Å². The van der Waals surface area contributed by atoms with E-state index >= 15 is 0 Å². The van der Waals surface area contributed by atoms with Crippen LogP contribution < -0.4 is 0 Å². The average Bonchev–Trinajstić information content (AvgIpc) is 2.39. The third-order valence-corrected chi connectivity index (χ3v) is 4.01. The van der Waals surface area contributed by atoms with E-state index in [-0.39, 0.29) is 6.10 Å². The molecule has 0 unspecified atom stereocenters. The molecule has 4 atom stereocenters. The summed E-state index contributed by atoms with van der Waals surface area (Å²) in [6.07, 6.45) is 4.50. The standard InChI is InChI=1S/C15H20O2/c1-11-7-8-13-14(17-11)9-10-16-15(13)12-5-3-2-4-6-12/h2-6,11,13-15H,7-10H2,1H3/t11-,13-,14+,15+/m1/s1. The molecule has 0 radical (unpaired) electrons. The van der Waals surface area contributed by atoms with Crippen molar-refractivity contribution in [2.75, 3.05) is 6.61 Å². The van der Waals surface area contributed by atoms with E-state index in [4.69, 9.17) is 9.47 Å². The maximum atomic E-state index is 6.06. The van der Waals surface area contributed by atoms with E-state index < -0.39 is 0 Å². The summed E-state index contributed by atoms with van der Waals surface area (Å²) < 4.78 is 12.1. The molecule has 0 saturated carbocycles. The largest absolute Gasteiger partial charge is 0.375 e. The molecular formula is C15H20O2. The lowest BCUT2D eigenvalue weighted by Crippen LogP contribution is -2.42. The highest BCUT2D eigenvalue weighted by Crippen LogP contribution is 2.41. The Bertz CT molecular complexity index is 362. The lowest BCUT2D eigenvalue weighted by molar-refractivity contribution is -0.165. The molecule has 0 N–H and O–H groups in total. The van der Waals surface area contributed by atoms with Crippen LogP contribution in [0.5, 0.6) is 0 Å². The summed E-state index contributed by atoms with van der Waals surface area (Å²) in [6.45, 7) is 3.01. The number of benzene rings is 1. The summed E-state index contributed by atoms with van der Waals surface area (Å²) in [5.41, 5.74) is 1.31. The Kier molecular flexibility index (Phi) is 3.17. The highest BCUT2D eigenvalue weighted by Gasteiger charge is 2.39. The number of rotatable bonds is 1. The van der Waals surface area contributed by atoms with Crippen molar-refractivity contribution in [3.05, 3.63) is 35.9 Å². The molecule has 0 aromatic heterocycles. The fourth-order valence-corrected chi connectivity index (χ4v) is 3.13. The Morgan fingerprint density at radius 3 is 2.71 bits per heavy atom. The zero-order chi connectivity index (χ0) is 11.7. The van der Waals surface area contributed by atoms with Crippen molar-refractivity contribution in [3.8, 4) is 0 Å². The van der Waals surface area contributed by atoms with Crippen LogP contribution in [-0.4, -0.2) is 18.8 Å². The minimum atomic E-state index is 0.238. The number of ether oxygens (including phenoxy) is 2. The molecule has 2 aliphatic heterocycles. The molecule has 2 nitrogen and oxygen atoms in total. The molecule has 2 saturated heterocycles. The molecule has 3 rings (SSSR count). The number of hydrogen-bond donors (Lipinski definition) is 0. The maximum absolute atomic E-state index is 6.06. The van der Waals surface area contributed by atoms with Gasteiger partial charge in [-0.1, -0.05) is 30.3 Å². The third kappa shape index (κ3) is 2.24. The fourth-order valence-electron chi connectivity index (χ4n) is 3.13. The zero-order valence-electron chi connectivity index (χ0n) is 10.3. The number of fused-ring (bicyclic) bond motifs is 1. The maximum Gasteiger partial charge on any atom is 0.0877 e. The van der Waals surface area contributed by atoms with Gasteiger partial charge in [0.15, 0.2) is 0 Å². The minimum absolute atomic E-state index is 0.238. The van der Waals surface area contributed by atoms with E-state index in [9.17, 15) is 0 Å². The first-order valence-electron chi connectivity index (χ1n) is 6.66. The van der Waals surface area contributed by atoms with Gasteiger partial charge in [0.05, 0.1) is 18.3 Å². The summed E-state index contributed by atoms with van der Waals surface area (Å²) in [5.74, 6) is 0.544. The molecule has 0 aliphatic carbocycles. The second-order valence-electron chi connectivity index (χ2n) is 5.22. The third-order valence-electron chi connectivity index (χ3n) is 4.01. The van der Waals surface area contributed by atoms with Gasteiger partial charge in [-0.05, 0) is 31.7 Å². The van der Waals surface area contributed by atoms with E-state index in [2.05, 4.69) is 37.3 Å². The van der Waals surface area contributed by atoms with E-state index in [0.29, 0.717) is 18.1 Å². The van der Waals surface area contributed by atoms with Crippen LogP contribution >= 0.6 is 0 Å². The second kappa shape index (κ2) is 4.79. The lowest BCUT2D eigenvalue weighted by atomic mass is 9.81. The van der Waals surface area contributed by atoms with Crippen LogP contribution in [0.15, 0.2) is 30.3 Å². The van der Waals surface area contributed by atoms with Crippen LogP contribution in [0.4, 0.5) is 0 Å². The molecule has 1 aromatic carbocycles. The molecular weight excluding hydrogens is 212 g/mol. The normalized spacial score (nSPS) is 37.5. The van der Waals surface area contributed by atoms with Crippen molar-refractivity contribution in [3.63, 3.8) is 0 Å². The van der Waals surface area contributed by atoms with E-state index in [0.717, 1.165) is 19.4 Å². The molecule has 92 valence electrons. The summed E-state index contributed by atoms with van der Waals surface area (Å²) in [6, 6.07) is 10.6. The highest BCUT2D eigenvalue weighted by molar-refractivity contribution is 5.19. The first-order chi connectivity index (χ1) is 8.34. The van der Waals surface area contributed by atoms with E-state index in [1.807, 2.05) is 0 Å². The van der Waals surface area contributed by atoms with Crippen LogP contribution in [0.1, 0.15) is 37.9 Å². The van der Waals surface area contributed by atoms with Crippen molar-refractivity contribution < 1.29 is 9.47 Å². The summed E-state index contributed by atoms with van der Waals surface area (Å²) >= 11 is 0. The lowest BCUT2D eigenvalue weighted by Gasteiger charge is -2.43. The van der Waals surface area contributed by atoms with Gasteiger partial charge in [0.25, 0.3) is 0 Å². The second-order valence-corrected chi connectivity index (χ2v) is 5.22. The van der Waals surface area contributed by atoms with Crippen LogP contribution in [0, 0.1) is 5.92 Å². The summed E-state index contributed by atoms with van der Waals surface area (Å²) in [4.78, 5) is 0. The Labute approximate surface area is 103 Å². The summed E-state index contributed by atoms with van der Waals surface area (Å²) in [5, 5.41) is 0. The smallest absolute Gasteiger partial charge is 0.0877 e. The SMILES string of the molecule is C[C@@H]1CC[C@@H]2[C@H](CCO[C@H]2c2ccccc2)O1. The van der Waals surface area contributed by atoms with Gasteiger partial charge in [0.1, 0.15) is 0 Å². The van der Waals surface area contributed by atoms with Gasteiger partial charge in [0, 0.05) is 12.5 Å². The van der Waals surface area contributed by atoms with Gasteiger partial charge < -0.3 is 9.47 Å². The molecule has 0 amide bonds. The molecule has 2 heteroatoms. The first-order valence-corrected chi connectivity index (χ1v) is 6.66. The monoisotopic (exact) mass is 232 g/mol. The van der Waals surface area contributed by atoms with E-state index in [1.54, 1.807) is 0 Å². The van der Waals surface area contributed by atoms with Crippen LogP contribution in [0.3, 0.4) is 0 Å². The van der Waals surface area contributed by atoms with Gasteiger partial charge in [-0.3, -0.25) is 0 Å². The minimum Gasteiger partial charge on any atom is -0.375 e. The predicted octanol–water partition coefficient (Wildman–Crippen LogP) is 3.33.